The molecule has 0 aromatic carbocycles. The van der Waals surface area contributed by atoms with Crippen LogP contribution in [0.1, 0.15) is 27.2 Å². The number of nitrogens with one attached hydrogen (secondary N) is 1. The highest BCUT2D eigenvalue weighted by molar-refractivity contribution is 5.76. The third kappa shape index (κ3) is 9.48. The lowest BCUT2D eigenvalue weighted by Crippen LogP contribution is -2.32. The number of amides is 1. The smallest absolute Gasteiger partial charge is 0.221 e. The van der Waals surface area contributed by atoms with Gasteiger partial charge < -0.3 is 15.8 Å². The Morgan fingerprint density at radius 2 is 2.07 bits per heavy atom. The number of carbonyl (C=O) groups excluding carboxylic acids is 1. The largest absolute Gasteiger partial charge is 0.379 e. The van der Waals surface area contributed by atoms with Crippen molar-refractivity contribution in [3.8, 4) is 0 Å². The molecule has 0 saturated heterocycles. The Balaban J connectivity index is 3.23. The first-order valence-corrected chi connectivity index (χ1v) is 5.12. The Labute approximate surface area is 86.2 Å². The lowest BCUT2D eigenvalue weighted by molar-refractivity contribution is -0.121. The van der Waals surface area contributed by atoms with E-state index in [1.807, 2.05) is 6.92 Å². The van der Waals surface area contributed by atoms with E-state index in [9.17, 15) is 4.79 Å². The Morgan fingerprint density at radius 3 is 2.57 bits per heavy atom. The van der Waals surface area contributed by atoms with Gasteiger partial charge in [-0.25, -0.2) is 0 Å². The van der Waals surface area contributed by atoms with Crippen molar-refractivity contribution in [2.24, 2.45) is 11.7 Å². The van der Waals surface area contributed by atoms with Gasteiger partial charge in [0, 0.05) is 25.6 Å². The molecule has 0 heterocycles. The number of ether oxygens (including phenoxy) is 1. The van der Waals surface area contributed by atoms with Crippen molar-refractivity contribution in [3.63, 3.8) is 0 Å². The Kier molecular flexibility index (Phi) is 7.42. The second kappa shape index (κ2) is 7.76. The molecule has 3 N–H and O–H groups in total. The van der Waals surface area contributed by atoms with Gasteiger partial charge in [0.1, 0.15) is 0 Å². The van der Waals surface area contributed by atoms with Gasteiger partial charge in [-0.05, 0) is 12.8 Å². The molecule has 1 atom stereocenters. The number of carbonyl (C=O) groups is 1. The molecule has 0 radical (unpaired) electrons. The highest BCUT2D eigenvalue weighted by atomic mass is 16.5. The molecule has 4 heteroatoms. The first-order valence-electron chi connectivity index (χ1n) is 5.12. The first-order chi connectivity index (χ1) is 6.52. The van der Waals surface area contributed by atoms with Crippen molar-refractivity contribution in [1.29, 1.82) is 0 Å². The third-order valence-corrected chi connectivity index (χ3v) is 1.53. The predicted molar refractivity (Wildman–Crippen MR) is 56.9 cm³/mol. The SMILES string of the molecule is CC(C)COCCNC(=O)CC(C)N. The molecular weight excluding hydrogens is 180 g/mol. The van der Waals surface area contributed by atoms with E-state index >= 15 is 0 Å². The van der Waals surface area contributed by atoms with Crippen LogP contribution in [0.25, 0.3) is 0 Å². The molecule has 0 saturated carbocycles. The summed E-state index contributed by atoms with van der Waals surface area (Å²) in [5.74, 6) is 0.530. The van der Waals surface area contributed by atoms with Crippen molar-refractivity contribution in [1.82, 2.24) is 5.32 Å². The van der Waals surface area contributed by atoms with E-state index in [0.29, 0.717) is 25.5 Å². The van der Waals surface area contributed by atoms with Crippen molar-refractivity contribution in [3.05, 3.63) is 0 Å². The third-order valence-electron chi connectivity index (χ3n) is 1.53. The van der Waals surface area contributed by atoms with Crippen LogP contribution in [0.5, 0.6) is 0 Å². The Bertz CT molecular complexity index is 158. The predicted octanol–water partition coefficient (Wildman–Crippen LogP) is 0.513. The molecule has 1 unspecified atom stereocenters. The summed E-state index contributed by atoms with van der Waals surface area (Å²) in [5.41, 5.74) is 5.47. The number of rotatable bonds is 7. The Hall–Kier alpha value is -0.610. The molecule has 4 nitrogen and oxygen atoms in total. The molecule has 0 bridgehead atoms. The van der Waals surface area contributed by atoms with E-state index in [2.05, 4.69) is 19.2 Å². The summed E-state index contributed by atoms with van der Waals surface area (Å²) >= 11 is 0. The number of hydrogen-bond acceptors (Lipinski definition) is 3. The maximum absolute atomic E-state index is 11.1. The maximum Gasteiger partial charge on any atom is 0.221 e. The summed E-state index contributed by atoms with van der Waals surface area (Å²) in [4.78, 5) is 11.1. The molecule has 14 heavy (non-hydrogen) atoms. The van der Waals surface area contributed by atoms with Gasteiger partial charge in [0.2, 0.25) is 5.91 Å². The standard InChI is InChI=1S/C10H22N2O2/c1-8(2)7-14-5-4-12-10(13)6-9(3)11/h8-9H,4-7,11H2,1-3H3,(H,12,13). The van der Waals surface area contributed by atoms with Gasteiger partial charge in [0.15, 0.2) is 0 Å². The average molecular weight is 202 g/mol. The van der Waals surface area contributed by atoms with E-state index in [0.717, 1.165) is 6.61 Å². The van der Waals surface area contributed by atoms with Crippen LogP contribution in [0.3, 0.4) is 0 Å². The van der Waals surface area contributed by atoms with Crippen molar-refractivity contribution in [2.75, 3.05) is 19.8 Å². The monoisotopic (exact) mass is 202 g/mol. The van der Waals surface area contributed by atoms with Crippen LogP contribution >= 0.6 is 0 Å². The highest BCUT2D eigenvalue weighted by Crippen LogP contribution is 1.91. The molecule has 0 aliphatic rings. The lowest BCUT2D eigenvalue weighted by Gasteiger charge is -2.09. The summed E-state index contributed by atoms with van der Waals surface area (Å²) in [7, 11) is 0. The number of hydrogen-bond donors (Lipinski definition) is 2. The lowest BCUT2D eigenvalue weighted by atomic mass is 10.2. The highest BCUT2D eigenvalue weighted by Gasteiger charge is 2.03. The van der Waals surface area contributed by atoms with Crippen LogP contribution in [0, 0.1) is 5.92 Å². The molecular formula is C10H22N2O2. The molecule has 1 amide bonds. The van der Waals surface area contributed by atoms with Crippen LogP contribution < -0.4 is 11.1 Å². The minimum atomic E-state index is -0.0772. The Morgan fingerprint density at radius 1 is 1.43 bits per heavy atom. The fourth-order valence-electron chi connectivity index (χ4n) is 0.946. The van der Waals surface area contributed by atoms with Crippen molar-refractivity contribution < 1.29 is 9.53 Å². The second-order valence-electron chi connectivity index (χ2n) is 4.00. The zero-order chi connectivity index (χ0) is 11.0. The van der Waals surface area contributed by atoms with E-state index in [4.69, 9.17) is 10.5 Å². The normalized spacial score (nSPS) is 12.9. The molecule has 0 aromatic heterocycles. The van der Waals surface area contributed by atoms with E-state index < -0.39 is 0 Å². The van der Waals surface area contributed by atoms with E-state index in [1.165, 1.54) is 0 Å². The zero-order valence-corrected chi connectivity index (χ0v) is 9.38. The first kappa shape index (κ1) is 13.4. The zero-order valence-electron chi connectivity index (χ0n) is 9.38. The molecule has 0 aliphatic carbocycles. The number of nitrogens with two attached hydrogens (primary N) is 1. The van der Waals surface area contributed by atoms with Gasteiger partial charge in [-0.1, -0.05) is 13.8 Å². The van der Waals surface area contributed by atoms with Gasteiger partial charge >= 0.3 is 0 Å². The van der Waals surface area contributed by atoms with Crippen LogP contribution in [0.15, 0.2) is 0 Å². The van der Waals surface area contributed by atoms with Crippen LogP contribution in [-0.4, -0.2) is 31.7 Å². The molecule has 0 rings (SSSR count). The molecule has 0 spiro atoms. The fourth-order valence-corrected chi connectivity index (χ4v) is 0.946. The van der Waals surface area contributed by atoms with Crippen molar-refractivity contribution in [2.45, 2.75) is 33.2 Å². The van der Waals surface area contributed by atoms with Gasteiger partial charge in [0.05, 0.1) is 6.61 Å². The molecule has 0 aliphatic heterocycles. The van der Waals surface area contributed by atoms with Gasteiger partial charge in [-0.2, -0.15) is 0 Å². The topological polar surface area (TPSA) is 64.3 Å². The van der Waals surface area contributed by atoms with Gasteiger partial charge in [-0.3, -0.25) is 4.79 Å². The second-order valence-corrected chi connectivity index (χ2v) is 4.00. The minimum absolute atomic E-state index is 0.00635. The van der Waals surface area contributed by atoms with Crippen LogP contribution in [0.2, 0.25) is 0 Å². The fraction of sp³-hybridized carbons (Fsp3) is 0.900. The van der Waals surface area contributed by atoms with Gasteiger partial charge in [-0.15, -0.1) is 0 Å². The van der Waals surface area contributed by atoms with Crippen LogP contribution in [-0.2, 0) is 9.53 Å². The summed E-state index contributed by atoms with van der Waals surface area (Å²) in [6.45, 7) is 7.88. The van der Waals surface area contributed by atoms with Crippen LogP contribution in [0.4, 0.5) is 0 Å². The van der Waals surface area contributed by atoms with E-state index in [-0.39, 0.29) is 11.9 Å². The van der Waals surface area contributed by atoms with Gasteiger partial charge in [0.25, 0.3) is 0 Å². The maximum atomic E-state index is 11.1. The molecule has 84 valence electrons. The molecule has 0 aromatic rings. The average Bonchev–Trinajstić information content (AvgIpc) is 2.01. The van der Waals surface area contributed by atoms with E-state index in [1.54, 1.807) is 0 Å². The van der Waals surface area contributed by atoms with Crippen molar-refractivity contribution >= 4 is 5.91 Å². The molecule has 0 fully saturated rings. The summed E-state index contributed by atoms with van der Waals surface area (Å²) < 4.78 is 5.30. The summed E-state index contributed by atoms with van der Waals surface area (Å²) in [6.07, 6.45) is 0.379. The quantitative estimate of drug-likeness (QED) is 0.591. The minimum Gasteiger partial charge on any atom is -0.379 e. The summed E-state index contributed by atoms with van der Waals surface area (Å²) in [6, 6.07) is -0.0772. The summed E-state index contributed by atoms with van der Waals surface area (Å²) in [5, 5.41) is 2.74.